The molecule has 0 saturated carbocycles. The number of unbranched alkanes of at least 4 members (excludes halogenated alkanes) is 1. The summed E-state index contributed by atoms with van der Waals surface area (Å²) in [6.45, 7) is 5.52. The molecule has 3 heteroatoms. The fourth-order valence-corrected chi connectivity index (χ4v) is 1.52. The van der Waals surface area contributed by atoms with Gasteiger partial charge < -0.3 is 14.2 Å². The van der Waals surface area contributed by atoms with Crippen LogP contribution in [0.2, 0.25) is 0 Å². The van der Waals surface area contributed by atoms with Crippen LogP contribution in [0.1, 0.15) is 38.5 Å². The second-order valence-corrected chi connectivity index (χ2v) is 3.79. The SMILES string of the molecule is CCCCOC(OC)c1ccc(OCC)cc1. The highest BCUT2D eigenvalue weighted by Crippen LogP contribution is 2.21. The molecular weight excluding hydrogens is 216 g/mol. The lowest BCUT2D eigenvalue weighted by Crippen LogP contribution is -2.07. The summed E-state index contributed by atoms with van der Waals surface area (Å²) in [6, 6.07) is 7.83. The predicted molar refractivity (Wildman–Crippen MR) is 68.2 cm³/mol. The van der Waals surface area contributed by atoms with Crippen LogP contribution in [0.25, 0.3) is 0 Å². The number of ether oxygens (including phenoxy) is 3. The predicted octanol–water partition coefficient (Wildman–Crippen LogP) is 3.55. The Hall–Kier alpha value is -1.06. The highest BCUT2D eigenvalue weighted by atomic mass is 16.7. The van der Waals surface area contributed by atoms with Gasteiger partial charge >= 0.3 is 0 Å². The molecule has 0 aromatic heterocycles. The molecule has 0 radical (unpaired) electrons. The lowest BCUT2D eigenvalue weighted by molar-refractivity contribution is -0.128. The molecule has 0 amide bonds. The zero-order chi connectivity index (χ0) is 12.5. The number of hydrogen-bond acceptors (Lipinski definition) is 3. The molecular formula is C14H22O3. The van der Waals surface area contributed by atoms with Crippen molar-refractivity contribution in [3.63, 3.8) is 0 Å². The smallest absolute Gasteiger partial charge is 0.183 e. The molecule has 1 rings (SSSR count). The fourth-order valence-electron chi connectivity index (χ4n) is 1.52. The molecule has 0 fully saturated rings. The van der Waals surface area contributed by atoms with E-state index in [0.717, 1.165) is 30.8 Å². The largest absolute Gasteiger partial charge is 0.494 e. The van der Waals surface area contributed by atoms with Gasteiger partial charge in [0.1, 0.15) is 5.75 Å². The molecule has 0 N–H and O–H groups in total. The van der Waals surface area contributed by atoms with Crippen LogP contribution >= 0.6 is 0 Å². The van der Waals surface area contributed by atoms with E-state index in [1.807, 2.05) is 31.2 Å². The Morgan fingerprint density at radius 2 is 1.82 bits per heavy atom. The molecule has 0 bridgehead atoms. The van der Waals surface area contributed by atoms with Crippen LogP contribution in [0.3, 0.4) is 0 Å². The standard InChI is InChI=1S/C14H22O3/c1-4-6-11-17-14(15-3)12-7-9-13(10-8-12)16-5-2/h7-10,14H,4-6,11H2,1-3H3. The molecule has 0 heterocycles. The third-order valence-electron chi connectivity index (χ3n) is 2.44. The minimum atomic E-state index is -0.280. The number of hydrogen-bond donors (Lipinski definition) is 0. The van der Waals surface area contributed by atoms with Crippen LogP contribution in [-0.2, 0) is 9.47 Å². The van der Waals surface area contributed by atoms with Crippen molar-refractivity contribution in [3.05, 3.63) is 29.8 Å². The minimum Gasteiger partial charge on any atom is -0.494 e. The van der Waals surface area contributed by atoms with Crippen molar-refractivity contribution < 1.29 is 14.2 Å². The second kappa shape index (κ2) is 8.09. The van der Waals surface area contributed by atoms with Crippen LogP contribution in [0.15, 0.2) is 24.3 Å². The van der Waals surface area contributed by atoms with E-state index in [1.165, 1.54) is 0 Å². The van der Waals surface area contributed by atoms with Gasteiger partial charge in [-0.1, -0.05) is 25.5 Å². The molecule has 1 unspecified atom stereocenters. The topological polar surface area (TPSA) is 27.7 Å². The van der Waals surface area contributed by atoms with Crippen molar-refractivity contribution in [1.29, 1.82) is 0 Å². The van der Waals surface area contributed by atoms with Gasteiger partial charge in [-0.05, 0) is 25.5 Å². The van der Waals surface area contributed by atoms with Crippen LogP contribution < -0.4 is 4.74 Å². The van der Waals surface area contributed by atoms with Gasteiger partial charge in [0.2, 0.25) is 0 Å². The first-order valence-electron chi connectivity index (χ1n) is 6.19. The maximum Gasteiger partial charge on any atom is 0.183 e. The average Bonchev–Trinajstić information content (AvgIpc) is 2.36. The fraction of sp³-hybridized carbons (Fsp3) is 0.571. The molecule has 1 atom stereocenters. The van der Waals surface area contributed by atoms with Crippen LogP contribution in [-0.4, -0.2) is 20.3 Å². The maximum atomic E-state index is 5.65. The van der Waals surface area contributed by atoms with Crippen LogP contribution in [0.5, 0.6) is 5.75 Å². The van der Waals surface area contributed by atoms with Crippen LogP contribution in [0, 0.1) is 0 Å². The van der Waals surface area contributed by atoms with Crippen molar-refractivity contribution >= 4 is 0 Å². The van der Waals surface area contributed by atoms with E-state index in [0.29, 0.717) is 6.61 Å². The van der Waals surface area contributed by atoms with Gasteiger partial charge in [-0.3, -0.25) is 0 Å². The summed E-state index contributed by atoms with van der Waals surface area (Å²) >= 11 is 0. The Bertz CT molecular complexity index is 295. The van der Waals surface area contributed by atoms with Gasteiger partial charge in [-0.2, -0.15) is 0 Å². The Kier molecular flexibility index (Phi) is 6.67. The lowest BCUT2D eigenvalue weighted by atomic mass is 10.2. The summed E-state index contributed by atoms with van der Waals surface area (Å²) in [6.07, 6.45) is 1.90. The molecule has 0 spiro atoms. The molecule has 1 aromatic rings. The monoisotopic (exact) mass is 238 g/mol. The first-order chi connectivity index (χ1) is 8.31. The summed E-state index contributed by atoms with van der Waals surface area (Å²) in [5.74, 6) is 0.875. The summed E-state index contributed by atoms with van der Waals surface area (Å²) in [5, 5.41) is 0. The van der Waals surface area contributed by atoms with Gasteiger partial charge in [0.25, 0.3) is 0 Å². The first-order valence-corrected chi connectivity index (χ1v) is 6.19. The molecule has 96 valence electrons. The van der Waals surface area contributed by atoms with Gasteiger partial charge in [0, 0.05) is 12.7 Å². The minimum absolute atomic E-state index is 0.280. The highest BCUT2D eigenvalue weighted by molar-refractivity contribution is 5.27. The van der Waals surface area contributed by atoms with Gasteiger partial charge in [0.15, 0.2) is 6.29 Å². The molecule has 0 aliphatic heterocycles. The molecule has 17 heavy (non-hydrogen) atoms. The van der Waals surface area contributed by atoms with Gasteiger partial charge in [-0.15, -0.1) is 0 Å². The van der Waals surface area contributed by atoms with E-state index in [-0.39, 0.29) is 6.29 Å². The number of methoxy groups -OCH3 is 1. The van der Waals surface area contributed by atoms with Crippen molar-refractivity contribution in [2.45, 2.75) is 33.0 Å². The Labute approximate surface area is 104 Å². The number of rotatable bonds is 8. The highest BCUT2D eigenvalue weighted by Gasteiger charge is 2.10. The molecule has 0 saturated heterocycles. The summed E-state index contributed by atoms with van der Waals surface area (Å²) < 4.78 is 16.4. The third kappa shape index (κ3) is 4.75. The quantitative estimate of drug-likeness (QED) is 0.512. The van der Waals surface area contributed by atoms with Gasteiger partial charge in [-0.25, -0.2) is 0 Å². The van der Waals surface area contributed by atoms with Crippen molar-refractivity contribution in [2.24, 2.45) is 0 Å². The van der Waals surface area contributed by atoms with E-state index in [9.17, 15) is 0 Å². The lowest BCUT2D eigenvalue weighted by Gasteiger charge is -2.16. The van der Waals surface area contributed by atoms with E-state index in [2.05, 4.69) is 6.92 Å². The van der Waals surface area contributed by atoms with E-state index >= 15 is 0 Å². The normalized spacial score (nSPS) is 12.4. The van der Waals surface area contributed by atoms with E-state index in [4.69, 9.17) is 14.2 Å². The average molecular weight is 238 g/mol. The Morgan fingerprint density at radius 1 is 1.12 bits per heavy atom. The van der Waals surface area contributed by atoms with Crippen molar-refractivity contribution in [1.82, 2.24) is 0 Å². The molecule has 0 aliphatic carbocycles. The molecule has 1 aromatic carbocycles. The Morgan fingerprint density at radius 3 is 2.35 bits per heavy atom. The van der Waals surface area contributed by atoms with E-state index in [1.54, 1.807) is 7.11 Å². The van der Waals surface area contributed by atoms with Crippen LogP contribution in [0.4, 0.5) is 0 Å². The summed E-state index contributed by atoms with van der Waals surface area (Å²) in [5.41, 5.74) is 1.02. The molecule has 0 aliphatic rings. The third-order valence-corrected chi connectivity index (χ3v) is 2.44. The first kappa shape index (κ1) is 14.0. The zero-order valence-electron chi connectivity index (χ0n) is 10.9. The summed E-state index contributed by atoms with van der Waals surface area (Å²) in [7, 11) is 1.66. The maximum absolute atomic E-state index is 5.65. The number of benzene rings is 1. The van der Waals surface area contributed by atoms with Crippen molar-refractivity contribution in [2.75, 3.05) is 20.3 Å². The van der Waals surface area contributed by atoms with E-state index < -0.39 is 0 Å². The second-order valence-electron chi connectivity index (χ2n) is 3.79. The zero-order valence-corrected chi connectivity index (χ0v) is 10.9. The van der Waals surface area contributed by atoms with Crippen molar-refractivity contribution in [3.8, 4) is 5.75 Å². The molecule has 3 nitrogen and oxygen atoms in total. The Balaban J connectivity index is 2.55. The van der Waals surface area contributed by atoms with Gasteiger partial charge in [0.05, 0.1) is 13.2 Å². The summed E-state index contributed by atoms with van der Waals surface area (Å²) in [4.78, 5) is 0.